The lowest BCUT2D eigenvalue weighted by molar-refractivity contribution is -0.157. The van der Waals surface area contributed by atoms with Crippen molar-refractivity contribution in [1.82, 2.24) is 10.3 Å². The summed E-state index contributed by atoms with van der Waals surface area (Å²) in [5.74, 6) is -0.627. The maximum atomic E-state index is 13.0. The number of para-hydroxylation sites is 1. The minimum atomic E-state index is -0.566. The Morgan fingerprint density at radius 1 is 0.879 bits per heavy atom. The van der Waals surface area contributed by atoms with Crippen LogP contribution in [-0.4, -0.2) is 34.2 Å². The van der Waals surface area contributed by atoms with Crippen LogP contribution in [0.3, 0.4) is 0 Å². The highest BCUT2D eigenvalue weighted by atomic mass is 16.6. The van der Waals surface area contributed by atoms with Crippen LogP contribution in [0.2, 0.25) is 0 Å². The molecule has 2 atom stereocenters. The maximum Gasteiger partial charge on any atom is 0.338 e. The Labute approximate surface area is 194 Å². The molecule has 3 aromatic rings. The minimum Gasteiger partial charge on any atom is -0.459 e. The Morgan fingerprint density at radius 2 is 1.52 bits per heavy atom. The third-order valence-electron chi connectivity index (χ3n) is 5.48. The molecule has 0 amide bonds. The Bertz CT molecular complexity index is 1180. The van der Waals surface area contributed by atoms with Crippen molar-refractivity contribution in [2.24, 2.45) is 0 Å². The first-order valence-corrected chi connectivity index (χ1v) is 11.3. The molecule has 1 aliphatic heterocycles. The molecule has 0 bridgehead atoms. The highest BCUT2D eigenvalue weighted by Crippen LogP contribution is 2.35. The van der Waals surface area contributed by atoms with Crippen molar-refractivity contribution in [3.8, 4) is 0 Å². The van der Waals surface area contributed by atoms with E-state index in [9.17, 15) is 9.59 Å². The van der Waals surface area contributed by atoms with E-state index in [1.165, 1.54) is 0 Å². The summed E-state index contributed by atoms with van der Waals surface area (Å²) in [5.41, 5.74) is 3.49. The van der Waals surface area contributed by atoms with Crippen LogP contribution in [0.15, 0.2) is 48.5 Å². The van der Waals surface area contributed by atoms with Crippen LogP contribution < -0.4 is 5.32 Å². The maximum absolute atomic E-state index is 13.0. The monoisotopic (exact) mass is 448 g/mol. The van der Waals surface area contributed by atoms with E-state index >= 15 is 0 Å². The van der Waals surface area contributed by atoms with E-state index < -0.39 is 17.2 Å². The minimum absolute atomic E-state index is 0.244. The number of ether oxygens (including phenoxy) is 2. The quantitative estimate of drug-likeness (QED) is 0.547. The molecule has 174 valence electrons. The first-order valence-electron chi connectivity index (χ1n) is 11.3. The number of carbonyl (C=O) groups is 2. The van der Waals surface area contributed by atoms with E-state index in [1.807, 2.05) is 71.9 Å². The summed E-state index contributed by atoms with van der Waals surface area (Å²) >= 11 is 0. The van der Waals surface area contributed by atoms with Gasteiger partial charge in [0.2, 0.25) is 0 Å². The SMILES string of the molecule is CC(C)(C)OC(=O)c1ccc([C@H]2N[C@@H](C(=O)OC(C)(C)C)Cc3c2[nH]c2ccccc32)cc1. The summed E-state index contributed by atoms with van der Waals surface area (Å²) in [4.78, 5) is 28.9. The average Bonchev–Trinajstić information content (AvgIpc) is 3.09. The molecule has 0 unspecified atom stereocenters. The molecule has 0 radical (unpaired) electrons. The van der Waals surface area contributed by atoms with Gasteiger partial charge < -0.3 is 14.5 Å². The number of benzene rings is 2. The topological polar surface area (TPSA) is 80.4 Å². The second kappa shape index (κ2) is 8.34. The molecule has 33 heavy (non-hydrogen) atoms. The van der Waals surface area contributed by atoms with Gasteiger partial charge in [0.25, 0.3) is 0 Å². The van der Waals surface area contributed by atoms with Crippen molar-refractivity contribution in [3.63, 3.8) is 0 Å². The third-order valence-corrected chi connectivity index (χ3v) is 5.48. The van der Waals surface area contributed by atoms with Gasteiger partial charge in [0.15, 0.2) is 0 Å². The van der Waals surface area contributed by atoms with Gasteiger partial charge in [-0.3, -0.25) is 10.1 Å². The van der Waals surface area contributed by atoms with Gasteiger partial charge in [-0.05, 0) is 70.9 Å². The van der Waals surface area contributed by atoms with Gasteiger partial charge in [-0.25, -0.2) is 4.79 Å². The number of carbonyl (C=O) groups excluding carboxylic acids is 2. The third kappa shape index (κ3) is 5.11. The lowest BCUT2D eigenvalue weighted by Crippen LogP contribution is -2.47. The van der Waals surface area contributed by atoms with Crippen molar-refractivity contribution >= 4 is 22.8 Å². The molecule has 0 fully saturated rings. The molecule has 0 aliphatic carbocycles. The molecule has 2 heterocycles. The standard InChI is InChI=1S/C27H32N2O4/c1-26(2,3)32-24(30)17-13-11-16(12-14-17)22-23-19(18-9-7-8-10-20(18)28-23)15-21(29-22)25(31)33-27(4,5)6/h7-14,21-22,28-29H,15H2,1-6H3/t21-,22-/m1/s1. The van der Waals surface area contributed by atoms with Crippen molar-refractivity contribution in [1.29, 1.82) is 0 Å². The Balaban J connectivity index is 1.69. The van der Waals surface area contributed by atoms with E-state index in [0.717, 1.165) is 27.7 Å². The number of esters is 2. The largest absolute Gasteiger partial charge is 0.459 e. The van der Waals surface area contributed by atoms with E-state index in [4.69, 9.17) is 9.47 Å². The fourth-order valence-electron chi connectivity index (χ4n) is 4.17. The molecular weight excluding hydrogens is 416 g/mol. The fourth-order valence-corrected chi connectivity index (χ4v) is 4.17. The van der Waals surface area contributed by atoms with Gasteiger partial charge in [-0.15, -0.1) is 0 Å². The number of H-pyrrole nitrogens is 1. The zero-order valence-corrected chi connectivity index (χ0v) is 20.1. The van der Waals surface area contributed by atoms with Crippen LogP contribution in [0.4, 0.5) is 0 Å². The van der Waals surface area contributed by atoms with Gasteiger partial charge in [0.1, 0.15) is 17.2 Å². The predicted molar refractivity (Wildman–Crippen MR) is 128 cm³/mol. The molecule has 0 spiro atoms. The first kappa shape index (κ1) is 23.1. The number of hydrogen-bond donors (Lipinski definition) is 2. The summed E-state index contributed by atoms with van der Waals surface area (Å²) < 4.78 is 11.2. The van der Waals surface area contributed by atoms with Crippen molar-refractivity contribution < 1.29 is 19.1 Å². The molecule has 1 aromatic heterocycles. The van der Waals surface area contributed by atoms with E-state index in [0.29, 0.717) is 12.0 Å². The van der Waals surface area contributed by atoms with E-state index in [2.05, 4.69) is 16.4 Å². The lowest BCUT2D eigenvalue weighted by Gasteiger charge is -2.32. The number of aromatic nitrogens is 1. The molecule has 1 aliphatic rings. The number of rotatable bonds is 3. The highest BCUT2D eigenvalue weighted by molar-refractivity contribution is 5.90. The van der Waals surface area contributed by atoms with Crippen LogP contribution in [-0.2, 0) is 20.7 Å². The Morgan fingerprint density at radius 3 is 2.15 bits per heavy atom. The lowest BCUT2D eigenvalue weighted by atomic mass is 9.90. The Kier molecular flexibility index (Phi) is 5.83. The van der Waals surface area contributed by atoms with Gasteiger partial charge >= 0.3 is 11.9 Å². The van der Waals surface area contributed by atoms with Crippen LogP contribution in [0.5, 0.6) is 0 Å². The molecule has 0 saturated heterocycles. The first-order chi connectivity index (χ1) is 15.4. The van der Waals surface area contributed by atoms with Crippen LogP contribution in [0, 0.1) is 0 Å². The summed E-state index contributed by atoms with van der Waals surface area (Å²) in [6.07, 6.45) is 0.542. The van der Waals surface area contributed by atoms with Gasteiger partial charge in [-0.1, -0.05) is 30.3 Å². The normalized spacial score (nSPS) is 18.6. The van der Waals surface area contributed by atoms with E-state index in [1.54, 1.807) is 12.1 Å². The zero-order valence-electron chi connectivity index (χ0n) is 20.1. The number of aromatic amines is 1. The van der Waals surface area contributed by atoms with Crippen molar-refractivity contribution in [2.45, 2.75) is 71.2 Å². The molecule has 2 aromatic carbocycles. The van der Waals surface area contributed by atoms with Crippen LogP contribution in [0.1, 0.15) is 74.8 Å². The van der Waals surface area contributed by atoms with Crippen LogP contribution >= 0.6 is 0 Å². The van der Waals surface area contributed by atoms with Gasteiger partial charge in [0, 0.05) is 23.0 Å². The summed E-state index contributed by atoms with van der Waals surface area (Å²) in [6.45, 7) is 11.2. The number of fused-ring (bicyclic) bond motifs is 3. The molecule has 2 N–H and O–H groups in total. The second-order valence-electron chi connectivity index (χ2n) is 10.6. The smallest absolute Gasteiger partial charge is 0.338 e. The number of nitrogens with one attached hydrogen (secondary N) is 2. The summed E-state index contributed by atoms with van der Waals surface area (Å²) in [6, 6.07) is 14.7. The highest BCUT2D eigenvalue weighted by Gasteiger charge is 2.36. The summed E-state index contributed by atoms with van der Waals surface area (Å²) in [7, 11) is 0. The zero-order chi connectivity index (χ0) is 24.0. The second-order valence-corrected chi connectivity index (χ2v) is 10.6. The molecule has 4 rings (SSSR count). The number of hydrogen-bond acceptors (Lipinski definition) is 5. The molecule has 0 saturated carbocycles. The molecule has 6 heteroatoms. The Hall–Kier alpha value is -3.12. The molecular formula is C27H32N2O4. The van der Waals surface area contributed by atoms with Crippen LogP contribution in [0.25, 0.3) is 10.9 Å². The average molecular weight is 449 g/mol. The van der Waals surface area contributed by atoms with Crippen molar-refractivity contribution in [2.75, 3.05) is 0 Å². The van der Waals surface area contributed by atoms with E-state index in [-0.39, 0.29) is 18.0 Å². The van der Waals surface area contributed by atoms with Gasteiger partial charge in [-0.2, -0.15) is 0 Å². The molecule has 6 nitrogen and oxygen atoms in total. The fraction of sp³-hybridized carbons (Fsp3) is 0.407. The summed E-state index contributed by atoms with van der Waals surface area (Å²) in [5, 5.41) is 4.58. The van der Waals surface area contributed by atoms with Crippen molar-refractivity contribution in [3.05, 3.63) is 70.9 Å². The predicted octanol–water partition coefficient (Wildman–Crippen LogP) is 5.07. The van der Waals surface area contributed by atoms with Gasteiger partial charge in [0.05, 0.1) is 11.6 Å².